The van der Waals surface area contributed by atoms with Crippen LogP contribution in [0.15, 0.2) is 72.9 Å². The number of anilines is 2. The predicted octanol–water partition coefficient (Wildman–Crippen LogP) is 3.60. The van der Waals surface area contributed by atoms with Crippen LogP contribution in [0, 0.1) is 5.82 Å². The van der Waals surface area contributed by atoms with E-state index in [-0.39, 0.29) is 18.7 Å². The molecule has 0 saturated carbocycles. The second-order valence-corrected chi connectivity index (χ2v) is 7.38. The summed E-state index contributed by atoms with van der Waals surface area (Å²) in [5, 5.41) is 2.73. The minimum absolute atomic E-state index is 0.0452. The summed E-state index contributed by atoms with van der Waals surface area (Å²) in [7, 11) is 1.54. The van der Waals surface area contributed by atoms with E-state index in [1.54, 1.807) is 55.8 Å². The first-order valence-corrected chi connectivity index (χ1v) is 10.2. The van der Waals surface area contributed by atoms with Gasteiger partial charge in [0, 0.05) is 11.9 Å². The van der Waals surface area contributed by atoms with E-state index in [1.165, 1.54) is 29.2 Å². The van der Waals surface area contributed by atoms with Crippen molar-refractivity contribution in [1.82, 2.24) is 9.88 Å². The number of carbonyl (C=O) groups is 3. The van der Waals surface area contributed by atoms with Crippen LogP contribution >= 0.6 is 0 Å². The summed E-state index contributed by atoms with van der Waals surface area (Å²) >= 11 is 0. The first-order valence-electron chi connectivity index (χ1n) is 10.2. The highest BCUT2D eigenvalue weighted by atomic mass is 19.1. The van der Waals surface area contributed by atoms with Crippen molar-refractivity contribution in [3.8, 4) is 5.75 Å². The van der Waals surface area contributed by atoms with Gasteiger partial charge in [0.05, 0.1) is 31.5 Å². The Labute approximate surface area is 189 Å². The Morgan fingerprint density at radius 3 is 2.42 bits per heavy atom. The Hall–Kier alpha value is -4.27. The number of carbonyl (C=O) groups excluding carboxylic acids is 3. The fourth-order valence-corrected chi connectivity index (χ4v) is 3.57. The van der Waals surface area contributed by atoms with Crippen LogP contribution < -0.4 is 15.0 Å². The molecule has 33 heavy (non-hydrogen) atoms. The third-order valence-corrected chi connectivity index (χ3v) is 5.21. The third-order valence-electron chi connectivity index (χ3n) is 5.21. The predicted molar refractivity (Wildman–Crippen MR) is 119 cm³/mol. The zero-order chi connectivity index (χ0) is 23.4. The highest BCUT2D eigenvalue weighted by Gasteiger charge is 2.46. The van der Waals surface area contributed by atoms with Gasteiger partial charge in [-0.1, -0.05) is 6.07 Å². The molecular formula is C24H21FN4O4. The van der Waals surface area contributed by atoms with Gasteiger partial charge in [-0.25, -0.2) is 14.1 Å². The number of hydrogen-bond donors (Lipinski definition) is 1. The summed E-state index contributed by atoms with van der Waals surface area (Å²) in [5.41, 5.74) is 1.33. The topological polar surface area (TPSA) is 91.8 Å². The van der Waals surface area contributed by atoms with Gasteiger partial charge in [0.1, 0.15) is 17.6 Å². The molecule has 1 atom stereocenters. The maximum absolute atomic E-state index is 13.4. The van der Waals surface area contributed by atoms with Gasteiger partial charge in [-0.2, -0.15) is 0 Å². The average Bonchev–Trinajstić information content (AvgIpc) is 3.05. The van der Waals surface area contributed by atoms with Crippen LogP contribution in [0.25, 0.3) is 0 Å². The smallest absolute Gasteiger partial charge is 0.332 e. The van der Waals surface area contributed by atoms with E-state index in [2.05, 4.69) is 10.3 Å². The number of ether oxygens (including phenoxy) is 1. The number of methoxy groups -OCH3 is 1. The van der Waals surface area contributed by atoms with E-state index in [1.807, 2.05) is 0 Å². The zero-order valence-corrected chi connectivity index (χ0v) is 17.8. The molecule has 4 rings (SSSR count). The van der Waals surface area contributed by atoms with Crippen LogP contribution in [0.1, 0.15) is 12.1 Å². The molecule has 8 nitrogen and oxygen atoms in total. The van der Waals surface area contributed by atoms with Crippen LogP contribution in [0.2, 0.25) is 0 Å². The number of amides is 4. The van der Waals surface area contributed by atoms with Gasteiger partial charge in [0.2, 0.25) is 5.91 Å². The lowest BCUT2D eigenvalue weighted by Gasteiger charge is -2.21. The van der Waals surface area contributed by atoms with Crippen molar-refractivity contribution in [2.45, 2.75) is 19.0 Å². The number of hydrogen-bond acceptors (Lipinski definition) is 5. The first-order chi connectivity index (χ1) is 16.0. The standard InChI is InChI=1S/C24H21FN4O4/c1-33-20-11-7-17(8-12-20)27-22(30)14-21-23(31)29(19-9-5-16(25)6-10-19)24(32)28(21)15-18-4-2-3-13-26-18/h2-13,21H,14-15H2,1H3,(H,27,30)/t21-/m1/s1. The summed E-state index contributed by atoms with van der Waals surface area (Å²) in [5.74, 6) is -0.842. The molecule has 9 heteroatoms. The monoisotopic (exact) mass is 448 g/mol. The van der Waals surface area contributed by atoms with Crippen LogP contribution in [0.3, 0.4) is 0 Å². The minimum Gasteiger partial charge on any atom is -0.497 e. The molecular weight excluding hydrogens is 427 g/mol. The van der Waals surface area contributed by atoms with Gasteiger partial charge in [-0.05, 0) is 60.7 Å². The Balaban J connectivity index is 1.57. The number of rotatable bonds is 7. The van der Waals surface area contributed by atoms with Gasteiger partial charge in [0.25, 0.3) is 5.91 Å². The number of nitrogens with zero attached hydrogens (tertiary/aromatic N) is 3. The highest BCUT2D eigenvalue weighted by Crippen LogP contribution is 2.28. The van der Waals surface area contributed by atoms with Crippen LogP contribution in [0.4, 0.5) is 20.6 Å². The Morgan fingerprint density at radius 2 is 1.79 bits per heavy atom. The van der Waals surface area contributed by atoms with Crippen molar-refractivity contribution in [1.29, 1.82) is 0 Å². The molecule has 0 aliphatic carbocycles. The molecule has 1 aliphatic heterocycles. The van der Waals surface area contributed by atoms with Crippen LogP contribution in [-0.2, 0) is 16.1 Å². The van der Waals surface area contributed by atoms with E-state index in [4.69, 9.17) is 4.74 Å². The van der Waals surface area contributed by atoms with Crippen molar-refractivity contribution in [3.63, 3.8) is 0 Å². The fraction of sp³-hybridized carbons (Fsp3) is 0.167. The molecule has 1 N–H and O–H groups in total. The van der Waals surface area contributed by atoms with Crippen LogP contribution in [-0.4, -0.2) is 40.9 Å². The number of nitrogens with one attached hydrogen (secondary N) is 1. The molecule has 1 aromatic heterocycles. The molecule has 1 aliphatic rings. The molecule has 168 valence electrons. The zero-order valence-electron chi connectivity index (χ0n) is 17.8. The largest absolute Gasteiger partial charge is 0.497 e. The number of aromatic nitrogens is 1. The average molecular weight is 448 g/mol. The maximum atomic E-state index is 13.4. The van der Waals surface area contributed by atoms with E-state index in [0.717, 1.165) is 4.90 Å². The molecule has 0 spiro atoms. The summed E-state index contributed by atoms with van der Waals surface area (Å²) in [6.45, 7) is 0.0452. The molecule has 4 amide bonds. The summed E-state index contributed by atoms with van der Waals surface area (Å²) in [6, 6.07) is 15.4. The lowest BCUT2D eigenvalue weighted by atomic mass is 10.1. The van der Waals surface area contributed by atoms with Crippen LogP contribution in [0.5, 0.6) is 5.75 Å². The second kappa shape index (κ2) is 9.47. The molecule has 0 radical (unpaired) electrons. The molecule has 3 aromatic rings. The number of imide groups is 1. The second-order valence-electron chi connectivity index (χ2n) is 7.38. The van der Waals surface area contributed by atoms with Crippen molar-refractivity contribution >= 4 is 29.2 Å². The number of pyridine rings is 1. The molecule has 0 unspecified atom stereocenters. The molecule has 1 fully saturated rings. The maximum Gasteiger partial charge on any atom is 0.332 e. The van der Waals surface area contributed by atoms with Gasteiger partial charge >= 0.3 is 6.03 Å². The summed E-state index contributed by atoms with van der Waals surface area (Å²) in [6.07, 6.45) is 1.34. The Bertz CT molecular complexity index is 1150. The third kappa shape index (κ3) is 4.82. The molecule has 2 aromatic carbocycles. The molecule has 1 saturated heterocycles. The quantitative estimate of drug-likeness (QED) is 0.558. The lowest BCUT2D eigenvalue weighted by Crippen LogP contribution is -2.37. The number of urea groups is 1. The normalized spacial score (nSPS) is 15.6. The van der Waals surface area contributed by atoms with Gasteiger partial charge in [0.15, 0.2) is 0 Å². The number of halogens is 1. The lowest BCUT2D eigenvalue weighted by molar-refractivity contribution is -0.124. The first kappa shape index (κ1) is 21.9. The van der Waals surface area contributed by atoms with E-state index in [9.17, 15) is 18.8 Å². The van der Waals surface area contributed by atoms with Crippen molar-refractivity contribution in [2.75, 3.05) is 17.3 Å². The van der Waals surface area contributed by atoms with E-state index in [0.29, 0.717) is 17.1 Å². The number of benzene rings is 2. The van der Waals surface area contributed by atoms with Crippen molar-refractivity contribution in [3.05, 3.63) is 84.4 Å². The Morgan fingerprint density at radius 1 is 1.06 bits per heavy atom. The summed E-state index contributed by atoms with van der Waals surface area (Å²) < 4.78 is 18.5. The molecule has 2 heterocycles. The minimum atomic E-state index is -1.04. The van der Waals surface area contributed by atoms with Gasteiger partial charge in [-0.3, -0.25) is 14.6 Å². The summed E-state index contributed by atoms with van der Waals surface area (Å²) in [4.78, 5) is 45.7. The van der Waals surface area contributed by atoms with Crippen molar-refractivity contribution in [2.24, 2.45) is 0 Å². The van der Waals surface area contributed by atoms with Crippen molar-refractivity contribution < 1.29 is 23.5 Å². The molecule has 0 bridgehead atoms. The van der Waals surface area contributed by atoms with Gasteiger partial charge < -0.3 is 15.0 Å². The fourth-order valence-electron chi connectivity index (χ4n) is 3.57. The van der Waals surface area contributed by atoms with E-state index < -0.39 is 29.7 Å². The SMILES string of the molecule is COc1ccc(NC(=O)C[C@@H]2C(=O)N(c3ccc(F)cc3)C(=O)N2Cc2ccccn2)cc1. The Kier molecular flexibility index (Phi) is 6.30. The van der Waals surface area contributed by atoms with Gasteiger partial charge in [-0.15, -0.1) is 0 Å². The van der Waals surface area contributed by atoms with E-state index >= 15 is 0 Å². The highest BCUT2D eigenvalue weighted by molar-refractivity contribution is 6.22.